The third-order valence-corrected chi connectivity index (χ3v) is 9.05. The number of hydrogen-bond acceptors (Lipinski definition) is 9. The molecule has 1 aliphatic carbocycles. The zero-order valence-electron chi connectivity index (χ0n) is 22.4. The summed E-state index contributed by atoms with van der Waals surface area (Å²) in [5, 5.41) is 3.54. The highest BCUT2D eigenvalue weighted by atomic mass is 127. The van der Waals surface area contributed by atoms with Crippen LogP contribution in [0.5, 0.6) is 17.2 Å². The number of Topliss-reactive ketones (excluding diaryl/α,β-unsaturated/α-hetero) is 1. The SMILES string of the molecule is COC(=O)[C@]1(C)NC2=C(C1=O)C(I)(CC/C=C\C(=O)c1cc3cc(OC)c(OC)c(OC)c3[nH]1)C(C)=CC2=O. The molecule has 1 unspecified atom stereocenters. The van der Waals surface area contributed by atoms with Crippen LogP contribution in [0.2, 0.25) is 0 Å². The Morgan fingerprint density at radius 3 is 2.36 bits per heavy atom. The van der Waals surface area contributed by atoms with Crippen LogP contribution in [0.4, 0.5) is 0 Å². The molecule has 1 aromatic carbocycles. The zero-order valence-corrected chi connectivity index (χ0v) is 24.6. The van der Waals surface area contributed by atoms with E-state index in [0.717, 1.165) is 5.39 Å². The number of ether oxygens (including phenoxy) is 4. The Bertz CT molecular complexity index is 1500. The van der Waals surface area contributed by atoms with Gasteiger partial charge in [0, 0.05) is 11.0 Å². The van der Waals surface area contributed by atoms with Crippen molar-refractivity contribution in [2.24, 2.45) is 0 Å². The van der Waals surface area contributed by atoms with Crippen LogP contribution in [0.3, 0.4) is 0 Å². The van der Waals surface area contributed by atoms with E-state index in [9.17, 15) is 19.2 Å². The van der Waals surface area contributed by atoms with Gasteiger partial charge in [0.1, 0.15) is 0 Å². The van der Waals surface area contributed by atoms with Crippen molar-refractivity contribution >= 4 is 56.8 Å². The lowest BCUT2D eigenvalue weighted by molar-refractivity contribution is -0.150. The van der Waals surface area contributed by atoms with Crippen molar-refractivity contribution in [2.45, 2.75) is 35.6 Å². The van der Waals surface area contributed by atoms with E-state index < -0.39 is 20.7 Å². The number of alkyl halides is 1. The fraction of sp³-hybridized carbons (Fsp3) is 0.357. The van der Waals surface area contributed by atoms with Crippen molar-refractivity contribution in [3.63, 3.8) is 0 Å². The molecule has 2 N–H and O–H groups in total. The molecule has 11 heteroatoms. The van der Waals surface area contributed by atoms with E-state index in [1.807, 2.05) is 0 Å². The number of H-pyrrole nitrogens is 1. The molecule has 4 rings (SSSR count). The summed E-state index contributed by atoms with van der Waals surface area (Å²) >= 11 is 2.16. The number of benzene rings is 1. The van der Waals surface area contributed by atoms with Crippen LogP contribution in [0.25, 0.3) is 10.9 Å². The molecular formula is C28H29IN2O8. The Labute approximate surface area is 238 Å². The number of esters is 1. The molecule has 0 spiro atoms. The molecule has 39 heavy (non-hydrogen) atoms. The maximum absolute atomic E-state index is 13.4. The number of halogens is 1. The van der Waals surface area contributed by atoms with Crippen LogP contribution >= 0.6 is 22.6 Å². The number of ketones is 3. The number of carbonyl (C=O) groups is 4. The molecule has 0 amide bonds. The molecule has 2 heterocycles. The van der Waals surface area contributed by atoms with E-state index in [-0.39, 0.29) is 22.8 Å². The smallest absolute Gasteiger partial charge is 0.339 e. The molecule has 206 valence electrons. The first-order chi connectivity index (χ1) is 18.5. The lowest BCUT2D eigenvalue weighted by atomic mass is 9.78. The predicted octanol–water partition coefficient (Wildman–Crippen LogP) is 3.77. The fourth-order valence-corrected chi connectivity index (χ4v) is 5.97. The van der Waals surface area contributed by atoms with Gasteiger partial charge < -0.3 is 29.2 Å². The number of fused-ring (bicyclic) bond motifs is 1. The second kappa shape index (κ2) is 10.5. The summed E-state index contributed by atoms with van der Waals surface area (Å²) in [4.78, 5) is 54.6. The zero-order chi connectivity index (χ0) is 28.7. The first kappa shape index (κ1) is 28.4. The number of methoxy groups -OCH3 is 4. The van der Waals surface area contributed by atoms with Crippen molar-refractivity contribution in [3.05, 3.63) is 52.9 Å². The average molecular weight is 648 g/mol. The summed E-state index contributed by atoms with van der Waals surface area (Å²) in [6, 6.07) is 3.46. The minimum Gasteiger partial charge on any atom is -0.493 e. The highest BCUT2D eigenvalue weighted by Gasteiger charge is 2.57. The summed E-state index contributed by atoms with van der Waals surface area (Å²) in [7, 11) is 5.73. The Hall–Kier alpha value is -3.61. The first-order valence-corrected chi connectivity index (χ1v) is 13.1. The minimum atomic E-state index is -1.67. The monoisotopic (exact) mass is 648 g/mol. The van der Waals surface area contributed by atoms with E-state index in [2.05, 4.69) is 32.9 Å². The van der Waals surface area contributed by atoms with Crippen molar-refractivity contribution < 1.29 is 38.1 Å². The Kier molecular flexibility index (Phi) is 7.66. The third kappa shape index (κ3) is 4.52. The predicted molar refractivity (Wildman–Crippen MR) is 152 cm³/mol. The number of nitrogens with one attached hydrogen (secondary N) is 2. The van der Waals surface area contributed by atoms with Gasteiger partial charge in [0.2, 0.25) is 17.3 Å². The third-order valence-electron chi connectivity index (χ3n) is 7.13. The topological polar surface area (TPSA) is 133 Å². The van der Waals surface area contributed by atoms with Crippen molar-refractivity contribution in [1.82, 2.24) is 10.3 Å². The van der Waals surface area contributed by atoms with E-state index in [4.69, 9.17) is 18.9 Å². The Morgan fingerprint density at radius 1 is 1.05 bits per heavy atom. The van der Waals surface area contributed by atoms with Gasteiger partial charge in [0.05, 0.1) is 48.8 Å². The van der Waals surface area contributed by atoms with E-state index in [1.165, 1.54) is 47.5 Å². The molecule has 0 saturated heterocycles. The van der Waals surface area contributed by atoms with E-state index in [1.54, 1.807) is 25.1 Å². The summed E-state index contributed by atoms with van der Waals surface area (Å²) in [5.41, 5.74) is 0.356. The molecule has 1 aromatic heterocycles. The maximum Gasteiger partial charge on any atom is 0.339 e. The standard InChI is InChI=1S/C28H29IN2O8/c1-14-11-18(33)22-20(25(34)27(2,31-22)26(35)39-6)28(14,29)10-8-7-9-17(32)16-12-15-13-19(36-3)23(37-4)24(38-5)21(15)30-16/h7,9,11-13,30-31H,8,10H2,1-6H3/b9-7-/t27-,28?/m1/s1. The molecule has 2 aromatic rings. The van der Waals surface area contributed by atoms with Gasteiger partial charge in [-0.15, -0.1) is 0 Å². The largest absolute Gasteiger partial charge is 0.493 e. The molecule has 0 fully saturated rings. The van der Waals surface area contributed by atoms with E-state index >= 15 is 0 Å². The van der Waals surface area contributed by atoms with Crippen molar-refractivity contribution in [3.8, 4) is 17.2 Å². The van der Waals surface area contributed by atoms with E-state index in [0.29, 0.717) is 46.9 Å². The molecule has 2 atom stereocenters. The molecule has 0 bridgehead atoms. The van der Waals surface area contributed by atoms with Crippen LogP contribution in [0, 0.1) is 0 Å². The minimum absolute atomic E-state index is 0.117. The van der Waals surface area contributed by atoms with Crippen LogP contribution in [0.1, 0.15) is 37.2 Å². The van der Waals surface area contributed by atoms with Gasteiger partial charge in [0.15, 0.2) is 22.8 Å². The van der Waals surface area contributed by atoms with Gasteiger partial charge in [-0.2, -0.15) is 0 Å². The molecule has 0 radical (unpaired) electrons. The number of allylic oxidation sites excluding steroid dienone is 4. The number of carbonyl (C=O) groups excluding carboxylic acids is 4. The quantitative estimate of drug-likeness (QED) is 0.104. The van der Waals surface area contributed by atoms with Crippen LogP contribution < -0.4 is 19.5 Å². The van der Waals surface area contributed by atoms with Crippen LogP contribution in [0.15, 0.2) is 47.2 Å². The molecular weight excluding hydrogens is 619 g/mol. The summed E-state index contributed by atoms with van der Waals surface area (Å²) < 4.78 is 20.3. The van der Waals surface area contributed by atoms with Crippen molar-refractivity contribution in [1.29, 1.82) is 0 Å². The van der Waals surface area contributed by atoms with Crippen LogP contribution in [-0.4, -0.2) is 65.7 Å². The van der Waals surface area contributed by atoms with Gasteiger partial charge in [-0.05, 0) is 56.5 Å². The lowest BCUT2D eigenvalue weighted by Gasteiger charge is -2.32. The van der Waals surface area contributed by atoms with Gasteiger partial charge in [-0.3, -0.25) is 14.4 Å². The Balaban J connectivity index is 1.56. The Morgan fingerprint density at radius 2 is 1.74 bits per heavy atom. The molecule has 2 aliphatic rings. The highest BCUT2D eigenvalue weighted by molar-refractivity contribution is 14.1. The normalized spacial score (nSPS) is 22.6. The van der Waals surface area contributed by atoms with Crippen LogP contribution in [-0.2, 0) is 19.1 Å². The number of hydrogen-bond donors (Lipinski definition) is 2. The highest BCUT2D eigenvalue weighted by Crippen LogP contribution is 2.48. The summed E-state index contributed by atoms with van der Waals surface area (Å²) in [5.74, 6) is -0.544. The van der Waals surface area contributed by atoms with Gasteiger partial charge >= 0.3 is 5.97 Å². The second-order valence-corrected chi connectivity index (χ2v) is 11.3. The fourth-order valence-electron chi connectivity index (χ4n) is 4.99. The summed E-state index contributed by atoms with van der Waals surface area (Å²) in [6.07, 6.45) is 5.51. The lowest BCUT2D eigenvalue weighted by Crippen LogP contribution is -2.52. The number of aromatic amines is 1. The number of rotatable bonds is 9. The molecule has 10 nitrogen and oxygen atoms in total. The summed E-state index contributed by atoms with van der Waals surface area (Å²) in [6.45, 7) is 3.20. The number of aromatic nitrogens is 1. The van der Waals surface area contributed by atoms with Gasteiger partial charge in [0.25, 0.3) is 0 Å². The maximum atomic E-state index is 13.4. The molecule has 1 aliphatic heterocycles. The van der Waals surface area contributed by atoms with Gasteiger partial charge in [-0.1, -0.05) is 28.7 Å². The van der Waals surface area contributed by atoms with Gasteiger partial charge in [-0.25, -0.2) is 4.79 Å². The average Bonchev–Trinajstić information content (AvgIpc) is 3.47. The second-order valence-electron chi connectivity index (χ2n) is 9.41. The van der Waals surface area contributed by atoms with Crippen molar-refractivity contribution in [2.75, 3.05) is 28.4 Å². The molecule has 0 saturated carbocycles. The first-order valence-electron chi connectivity index (χ1n) is 12.1.